The maximum Gasteiger partial charge on any atom is 0.264 e. The topological polar surface area (TPSA) is 96.0 Å². The van der Waals surface area contributed by atoms with Crippen molar-refractivity contribution < 1.29 is 22.7 Å². The molecular formula is C31H39N3O5S. The molecule has 0 heterocycles. The summed E-state index contributed by atoms with van der Waals surface area (Å²) >= 11 is 0. The number of aryl methyl sites for hydroxylation is 1. The van der Waals surface area contributed by atoms with Gasteiger partial charge in [-0.15, -0.1) is 0 Å². The molecule has 0 radical (unpaired) electrons. The van der Waals surface area contributed by atoms with Crippen LogP contribution >= 0.6 is 0 Å². The second kappa shape index (κ2) is 14.0. The number of rotatable bonds is 13. The van der Waals surface area contributed by atoms with Gasteiger partial charge >= 0.3 is 0 Å². The lowest BCUT2D eigenvalue weighted by molar-refractivity contribution is -0.139. The van der Waals surface area contributed by atoms with Crippen molar-refractivity contribution in [2.75, 3.05) is 17.5 Å². The Hall–Kier alpha value is -3.85. The second-order valence-electron chi connectivity index (χ2n) is 9.75. The first kappa shape index (κ1) is 30.7. The Morgan fingerprint density at radius 1 is 0.900 bits per heavy atom. The molecule has 2 atom stereocenters. The van der Waals surface area contributed by atoms with Gasteiger partial charge in [0.25, 0.3) is 10.0 Å². The highest BCUT2D eigenvalue weighted by Gasteiger charge is 2.32. The van der Waals surface area contributed by atoms with Gasteiger partial charge in [-0.2, -0.15) is 0 Å². The summed E-state index contributed by atoms with van der Waals surface area (Å²) in [6.45, 7) is 9.39. The summed E-state index contributed by atoms with van der Waals surface area (Å²) in [5, 5.41) is 2.94. The van der Waals surface area contributed by atoms with Gasteiger partial charge < -0.3 is 15.0 Å². The minimum absolute atomic E-state index is 0.0640. The Kier molecular flexibility index (Phi) is 10.7. The smallest absolute Gasteiger partial charge is 0.264 e. The first-order chi connectivity index (χ1) is 19.1. The van der Waals surface area contributed by atoms with Crippen LogP contribution in [-0.4, -0.2) is 50.4 Å². The van der Waals surface area contributed by atoms with Gasteiger partial charge in [0.1, 0.15) is 18.3 Å². The van der Waals surface area contributed by atoms with Crippen molar-refractivity contribution in [2.45, 2.75) is 64.6 Å². The van der Waals surface area contributed by atoms with E-state index in [9.17, 15) is 18.0 Å². The molecule has 0 aliphatic heterocycles. The molecule has 8 nitrogen and oxygen atoms in total. The van der Waals surface area contributed by atoms with Crippen molar-refractivity contribution in [2.24, 2.45) is 0 Å². The lowest BCUT2D eigenvalue weighted by Gasteiger charge is -2.32. The van der Waals surface area contributed by atoms with E-state index in [2.05, 4.69) is 5.32 Å². The molecule has 3 rings (SSSR count). The van der Waals surface area contributed by atoms with Gasteiger partial charge in [-0.25, -0.2) is 8.42 Å². The molecule has 2 unspecified atom stereocenters. The quantitative estimate of drug-likeness (QED) is 0.317. The standard InChI is InChI=1S/C31H39N3O5S/c1-6-24(4)32-31(36)25(5)33(21-26-11-9-8-10-12-26)30(35)22-34(27-15-17-28(18-16-27)39-7-2)40(37,38)29-19-13-23(3)14-20-29/h8-20,24-25H,6-7,21-22H2,1-5H3,(H,32,36). The van der Waals surface area contributed by atoms with Gasteiger partial charge in [-0.1, -0.05) is 55.0 Å². The molecule has 0 bridgehead atoms. The highest BCUT2D eigenvalue weighted by atomic mass is 32.2. The third-order valence-electron chi connectivity index (χ3n) is 6.69. The number of benzene rings is 3. The molecule has 1 N–H and O–H groups in total. The number of ether oxygens (including phenoxy) is 1. The van der Waals surface area contributed by atoms with Gasteiger partial charge in [0.05, 0.1) is 17.2 Å². The van der Waals surface area contributed by atoms with Crippen molar-refractivity contribution in [3.8, 4) is 5.75 Å². The van der Waals surface area contributed by atoms with E-state index in [1.807, 2.05) is 58.0 Å². The molecule has 3 aromatic rings. The van der Waals surface area contributed by atoms with Crippen LogP contribution in [0.1, 0.15) is 45.2 Å². The van der Waals surface area contributed by atoms with E-state index >= 15 is 0 Å². The summed E-state index contributed by atoms with van der Waals surface area (Å²) in [7, 11) is -4.12. The summed E-state index contributed by atoms with van der Waals surface area (Å²) in [6, 6.07) is 21.5. The number of carbonyl (C=O) groups excluding carboxylic acids is 2. The zero-order valence-corrected chi connectivity index (χ0v) is 24.6. The van der Waals surface area contributed by atoms with Crippen molar-refractivity contribution in [1.29, 1.82) is 0 Å². The van der Waals surface area contributed by atoms with Crippen molar-refractivity contribution in [3.05, 3.63) is 90.0 Å². The van der Waals surface area contributed by atoms with Crippen LogP contribution < -0.4 is 14.4 Å². The second-order valence-corrected chi connectivity index (χ2v) is 11.6. The van der Waals surface area contributed by atoms with Crippen LogP contribution in [0.3, 0.4) is 0 Å². The molecule has 2 amide bonds. The lowest BCUT2D eigenvalue weighted by atomic mass is 10.1. The number of nitrogens with one attached hydrogen (secondary N) is 1. The van der Waals surface area contributed by atoms with Gasteiger partial charge in [0.2, 0.25) is 11.8 Å². The largest absolute Gasteiger partial charge is 0.494 e. The van der Waals surface area contributed by atoms with Crippen molar-refractivity contribution in [3.63, 3.8) is 0 Å². The van der Waals surface area contributed by atoms with Gasteiger partial charge in [-0.3, -0.25) is 13.9 Å². The molecule has 0 aliphatic carbocycles. The van der Waals surface area contributed by atoms with E-state index in [1.54, 1.807) is 43.3 Å². The van der Waals surface area contributed by atoms with E-state index in [1.165, 1.54) is 17.0 Å². The molecule has 0 aromatic heterocycles. The Bertz CT molecular complexity index is 1360. The number of nitrogens with zero attached hydrogens (tertiary/aromatic N) is 2. The molecule has 9 heteroatoms. The first-order valence-corrected chi connectivity index (χ1v) is 15.0. The molecule has 3 aromatic carbocycles. The van der Waals surface area contributed by atoms with Crippen LogP contribution in [0.2, 0.25) is 0 Å². The molecule has 214 valence electrons. The van der Waals surface area contributed by atoms with Gasteiger partial charge in [0.15, 0.2) is 0 Å². The van der Waals surface area contributed by atoms with E-state index in [0.717, 1.165) is 21.9 Å². The van der Waals surface area contributed by atoms with Crippen LogP contribution in [-0.2, 0) is 26.2 Å². The molecule has 0 spiro atoms. The number of amides is 2. The molecule has 0 fully saturated rings. The summed E-state index contributed by atoms with van der Waals surface area (Å²) in [5.41, 5.74) is 2.06. The van der Waals surface area contributed by atoms with Crippen LogP contribution in [0.5, 0.6) is 5.75 Å². The molecular weight excluding hydrogens is 526 g/mol. The third kappa shape index (κ3) is 7.85. The van der Waals surface area contributed by atoms with Crippen molar-refractivity contribution >= 4 is 27.5 Å². The van der Waals surface area contributed by atoms with Crippen LogP contribution in [0.4, 0.5) is 5.69 Å². The number of anilines is 1. The monoisotopic (exact) mass is 565 g/mol. The fourth-order valence-corrected chi connectivity index (χ4v) is 5.48. The normalized spacial score (nSPS) is 12.7. The Labute approximate surface area is 238 Å². The van der Waals surface area contributed by atoms with Gasteiger partial charge in [-0.05, 0) is 76.1 Å². The molecule has 0 saturated heterocycles. The van der Waals surface area contributed by atoms with E-state index < -0.39 is 28.5 Å². The predicted molar refractivity (Wildman–Crippen MR) is 158 cm³/mol. The Balaban J connectivity index is 2.01. The van der Waals surface area contributed by atoms with Gasteiger partial charge in [0, 0.05) is 12.6 Å². The lowest BCUT2D eigenvalue weighted by Crippen LogP contribution is -2.52. The fraction of sp³-hybridized carbons (Fsp3) is 0.355. The number of carbonyl (C=O) groups is 2. The highest BCUT2D eigenvalue weighted by Crippen LogP contribution is 2.27. The Morgan fingerprint density at radius 2 is 1.52 bits per heavy atom. The highest BCUT2D eigenvalue weighted by molar-refractivity contribution is 7.92. The zero-order valence-electron chi connectivity index (χ0n) is 23.8. The number of sulfonamides is 1. The fourth-order valence-electron chi connectivity index (χ4n) is 4.07. The van der Waals surface area contributed by atoms with Crippen LogP contribution in [0.25, 0.3) is 0 Å². The summed E-state index contributed by atoms with van der Waals surface area (Å²) in [5.74, 6) is -0.209. The van der Waals surface area contributed by atoms with E-state index in [0.29, 0.717) is 18.0 Å². The summed E-state index contributed by atoms with van der Waals surface area (Å²) in [4.78, 5) is 28.5. The molecule has 40 heavy (non-hydrogen) atoms. The first-order valence-electron chi connectivity index (χ1n) is 13.5. The average molecular weight is 566 g/mol. The van der Waals surface area contributed by atoms with Crippen LogP contribution in [0.15, 0.2) is 83.8 Å². The Morgan fingerprint density at radius 3 is 2.10 bits per heavy atom. The summed E-state index contributed by atoms with van der Waals surface area (Å²) in [6.07, 6.45) is 0.741. The number of hydrogen-bond acceptors (Lipinski definition) is 5. The molecule has 0 saturated carbocycles. The number of hydrogen-bond donors (Lipinski definition) is 1. The maximum absolute atomic E-state index is 13.9. The predicted octanol–water partition coefficient (Wildman–Crippen LogP) is 4.92. The summed E-state index contributed by atoms with van der Waals surface area (Å²) < 4.78 is 34.4. The zero-order chi connectivity index (χ0) is 29.3. The SMILES string of the molecule is CCOc1ccc(N(CC(=O)N(Cc2ccccc2)C(C)C(=O)NC(C)CC)S(=O)(=O)c2ccc(C)cc2)cc1. The third-order valence-corrected chi connectivity index (χ3v) is 8.48. The van der Waals surface area contributed by atoms with Crippen LogP contribution in [0, 0.1) is 6.92 Å². The van der Waals surface area contributed by atoms with Crippen molar-refractivity contribution in [1.82, 2.24) is 10.2 Å². The minimum Gasteiger partial charge on any atom is -0.494 e. The minimum atomic E-state index is -4.12. The molecule has 0 aliphatic rings. The maximum atomic E-state index is 13.9. The van der Waals surface area contributed by atoms with E-state index in [-0.39, 0.29) is 23.4 Å². The van der Waals surface area contributed by atoms with E-state index in [4.69, 9.17) is 4.74 Å². The average Bonchev–Trinajstić information content (AvgIpc) is 2.95.